The van der Waals surface area contributed by atoms with Crippen LogP contribution in [0, 0.1) is 0 Å². The Morgan fingerprint density at radius 3 is 2.57 bits per heavy atom. The lowest BCUT2D eigenvalue weighted by molar-refractivity contribution is -0.119. The molecule has 1 heterocycles. The van der Waals surface area contributed by atoms with Crippen molar-refractivity contribution in [2.75, 3.05) is 12.4 Å². The van der Waals surface area contributed by atoms with Crippen LogP contribution in [0.2, 0.25) is 0 Å². The molecule has 2 aromatic carbocycles. The second-order valence-electron chi connectivity index (χ2n) is 6.27. The largest absolute Gasteiger partial charge is 0.494 e. The van der Waals surface area contributed by atoms with Gasteiger partial charge >= 0.3 is 0 Å². The summed E-state index contributed by atoms with van der Waals surface area (Å²) in [4.78, 5) is 21.2. The Labute approximate surface area is 169 Å². The Kier molecular flexibility index (Phi) is 7.14. The quantitative estimate of drug-likeness (QED) is 0.509. The van der Waals surface area contributed by atoms with E-state index >= 15 is 0 Å². The second-order valence-corrected chi connectivity index (χ2v) is 7.32. The fraction of sp³-hybridized carbons (Fsp3) is 0.273. The van der Waals surface area contributed by atoms with E-state index < -0.39 is 0 Å². The number of imidazole rings is 1. The van der Waals surface area contributed by atoms with Gasteiger partial charge in [-0.25, -0.2) is 4.98 Å². The highest BCUT2D eigenvalue weighted by Crippen LogP contribution is 2.23. The Balaban J connectivity index is 1.55. The van der Waals surface area contributed by atoms with Crippen molar-refractivity contribution >= 4 is 17.7 Å². The third-order valence-electron chi connectivity index (χ3n) is 4.26. The van der Waals surface area contributed by atoms with Crippen LogP contribution in [0.25, 0.3) is 11.3 Å². The molecule has 0 saturated heterocycles. The number of H-pyrrole nitrogens is 1. The van der Waals surface area contributed by atoms with Crippen LogP contribution < -0.4 is 10.1 Å². The highest BCUT2D eigenvalue weighted by Gasteiger charge is 2.16. The van der Waals surface area contributed by atoms with Crippen molar-refractivity contribution < 1.29 is 9.53 Å². The first-order valence-electron chi connectivity index (χ1n) is 9.45. The molecule has 1 unspecified atom stereocenters. The summed E-state index contributed by atoms with van der Waals surface area (Å²) in [6.07, 6.45) is 2.58. The molecule has 0 aliphatic heterocycles. The maximum absolute atomic E-state index is 12.4. The molecule has 0 spiro atoms. The summed E-state index contributed by atoms with van der Waals surface area (Å²) in [5.41, 5.74) is 2.03. The Bertz CT molecular complexity index is 878. The predicted octanol–water partition coefficient (Wildman–Crippen LogP) is 4.84. The number of rotatable bonds is 9. The molecule has 1 atom stereocenters. The minimum Gasteiger partial charge on any atom is -0.494 e. The fourth-order valence-electron chi connectivity index (χ4n) is 2.83. The van der Waals surface area contributed by atoms with E-state index in [4.69, 9.17) is 4.74 Å². The van der Waals surface area contributed by atoms with Crippen molar-refractivity contribution in [3.05, 3.63) is 66.6 Å². The number of hydrogen-bond acceptors (Lipinski definition) is 4. The summed E-state index contributed by atoms with van der Waals surface area (Å²) >= 11 is 1.51. The van der Waals surface area contributed by atoms with E-state index in [0.717, 1.165) is 34.1 Å². The van der Waals surface area contributed by atoms with Crippen LogP contribution in [-0.4, -0.2) is 28.2 Å². The zero-order valence-corrected chi connectivity index (χ0v) is 17.0. The zero-order valence-electron chi connectivity index (χ0n) is 16.1. The minimum absolute atomic E-state index is 0.0107. The molecule has 1 amide bonds. The SMILES string of the molecule is CCOc1ccc(SCC(=O)NC(CC)c2ncc(-c3ccccc3)[nH]2)cc1. The summed E-state index contributed by atoms with van der Waals surface area (Å²) in [5, 5.41) is 3.07. The first kappa shape index (κ1) is 20.0. The van der Waals surface area contributed by atoms with Gasteiger partial charge in [0.05, 0.1) is 30.3 Å². The van der Waals surface area contributed by atoms with Crippen molar-refractivity contribution in [3.63, 3.8) is 0 Å². The second kappa shape index (κ2) is 9.99. The van der Waals surface area contributed by atoms with Gasteiger partial charge in [0.2, 0.25) is 5.91 Å². The number of nitrogens with one attached hydrogen (secondary N) is 2. The maximum Gasteiger partial charge on any atom is 0.230 e. The number of nitrogens with zero attached hydrogens (tertiary/aromatic N) is 1. The highest BCUT2D eigenvalue weighted by molar-refractivity contribution is 8.00. The van der Waals surface area contributed by atoms with Crippen molar-refractivity contribution in [2.24, 2.45) is 0 Å². The molecule has 28 heavy (non-hydrogen) atoms. The average molecular weight is 396 g/mol. The lowest BCUT2D eigenvalue weighted by Gasteiger charge is -2.14. The fourth-order valence-corrected chi connectivity index (χ4v) is 3.54. The van der Waals surface area contributed by atoms with Crippen molar-refractivity contribution in [2.45, 2.75) is 31.2 Å². The molecule has 3 rings (SSSR count). The normalized spacial score (nSPS) is 11.8. The number of hydrogen-bond donors (Lipinski definition) is 2. The summed E-state index contributed by atoms with van der Waals surface area (Å²) in [7, 11) is 0. The first-order chi connectivity index (χ1) is 13.7. The molecule has 1 aromatic heterocycles. The molecule has 3 aromatic rings. The summed E-state index contributed by atoms with van der Waals surface area (Å²) in [6.45, 7) is 4.64. The summed E-state index contributed by atoms with van der Waals surface area (Å²) in [5.74, 6) is 1.97. The number of thioether (sulfide) groups is 1. The molecule has 0 saturated carbocycles. The molecule has 0 bridgehead atoms. The average Bonchev–Trinajstić information content (AvgIpc) is 3.22. The highest BCUT2D eigenvalue weighted by atomic mass is 32.2. The lowest BCUT2D eigenvalue weighted by atomic mass is 10.2. The molecule has 0 aliphatic rings. The van der Waals surface area contributed by atoms with Crippen LogP contribution in [0.5, 0.6) is 5.75 Å². The smallest absolute Gasteiger partial charge is 0.230 e. The summed E-state index contributed by atoms with van der Waals surface area (Å²) < 4.78 is 5.44. The van der Waals surface area contributed by atoms with Crippen LogP contribution in [0.4, 0.5) is 0 Å². The van der Waals surface area contributed by atoms with Crippen molar-refractivity contribution in [1.29, 1.82) is 0 Å². The minimum atomic E-state index is -0.133. The molecular weight excluding hydrogens is 370 g/mol. The van der Waals surface area contributed by atoms with Crippen LogP contribution >= 0.6 is 11.8 Å². The number of aromatic amines is 1. The number of ether oxygens (including phenoxy) is 1. The van der Waals surface area contributed by atoms with E-state index in [2.05, 4.69) is 15.3 Å². The van der Waals surface area contributed by atoms with E-state index in [1.807, 2.05) is 74.6 Å². The monoisotopic (exact) mass is 395 g/mol. The van der Waals surface area contributed by atoms with Gasteiger partial charge in [0.25, 0.3) is 0 Å². The first-order valence-corrected chi connectivity index (χ1v) is 10.4. The topological polar surface area (TPSA) is 67.0 Å². The number of aromatic nitrogens is 2. The van der Waals surface area contributed by atoms with Crippen LogP contribution in [-0.2, 0) is 4.79 Å². The van der Waals surface area contributed by atoms with Crippen molar-refractivity contribution in [3.8, 4) is 17.0 Å². The third kappa shape index (κ3) is 5.39. The van der Waals surface area contributed by atoms with Gasteiger partial charge in [0, 0.05) is 4.90 Å². The molecule has 2 N–H and O–H groups in total. The van der Waals surface area contributed by atoms with Gasteiger partial charge in [-0.15, -0.1) is 11.8 Å². The molecule has 146 valence electrons. The molecule has 5 nitrogen and oxygen atoms in total. The van der Waals surface area contributed by atoms with Crippen LogP contribution in [0.15, 0.2) is 65.7 Å². The number of carbonyl (C=O) groups is 1. The number of amides is 1. The molecular formula is C22H25N3O2S. The van der Waals surface area contributed by atoms with E-state index in [0.29, 0.717) is 12.4 Å². The van der Waals surface area contributed by atoms with Gasteiger partial charge in [-0.1, -0.05) is 37.3 Å². The Morgan fingerprint density at radius 2 is 1.89 bits per heavy atom. The van der Waals surface area contributed by atoms with E-state index in [-0.39, 0.29) is 11.9 Å². The molecule has 0 aliphatic carbocycles. The van der Waals surface area contributed by atoms with E-state index in [1.54, 1.807) is 0 Å². The zero-order chi connectivity index (χ0) is 19.8. The Morgan fingerprint density at radius 1 is 1.14 bits per heavy atom. The van der Waals surface area contributed by atoms with Gasteiger partial charge in [0.1, 0.15) is 11.6 Å². The third-order valence-corrected chi connectivity index (χ3v) is 5.27. The lowest BCUT2D eigenvalue weighted by Crippen LogP contribution is -2.30. The maximum atomic E-state index is 12.4. The van der Waals surface area contributed by atoms with E-state index in [1.165, 1.54) is 11.8 Å². The van der Waals surface area contributed by atoms with Crippen molar-refractivity contribution in [1.82, 2.24) is 15.3 Å². The standard InChI is InChI=1S/C22H25N3O2S/c1-3-19(22-23-14-20(25-22)16-8-6-5-7-9-16)24-21(26)15-28-18-12-10-17(11-13-18)27-4-2/h5-14,19H,3-4,15H2,1-2H3,(H,23,25)(H,24,26). The molecule has 0 fully saturated rings. The van der Waals surface area contributed by atoms with Gasteiger partial charge in [-0.05, 0) is 43.2 Å². The van der Waals surface area contributed by atoms with Gasteiger partial charge in [-0.3, -0.25) is 4.79 Å². The Hall–Kier alpha value is -2.73. The molecule has 6 heteroatoms. The van der Waals surface area contributed by atoms with Crippen LogP contribution in [0.3, 0.4) is 0 Å². The van der Waals surface area contributed by atoms with Gasteiger partial charge in [-0.2, -0.15) is 0 Å². The van der Waals surface area contributed by atoms with Gasteiger partial charge < -0.3 is 15.0 Å². The van der Waals surface area contributed by atoms with Gasteiger partial charge in [0.15, 0.2) is 0 Å². The van der Waals surface area contributed by atoms with Crippen LogP contribution in [0.1, 0.15) is 32.1 Å². The number of benzene rings is 2. The van der Waals surface area contributed by atoms with E-state index in [9.17, 15) is 4.79 Å². The number of carbonyl (C=O) groups excluding carboxylic acids is 1. The summed E-state index contributed by atoms with van der Waals surface area (Å²) in [6, 6.07) is 17.7. The predicted molar refractivity (Wildman–Crippen MR) is 114 cm³/mol. The molecule has 0 radical (unpaired) electrons.